The standard InChI is InChI=1S/C21H22ClFN6S/c1-21(2,3)29-18(24)16-17(12-6-7-15(23)14(22)11-12)26-20(27-19(16)28-29)25-9-8-13-5-4-10-30-13/h4-7,10-11H,8-9,24H2,1-3H3,(H,25,27,28). The zero-order valence-electron chi connectivity index (χ0n) is 16.9. The largest absolute Gasteiger partial charge is 0.383 e. The van der Waals surface area contributed by atoms with Crippen molar-refractivity contribution in [3.8, 4) is 11.3 Å². The number of nitrogens with two attached hydrogens (primary N) is 1. The molecule has 0 bridgehead atoms. The van der Waals surface area contributed by atoms with Gasteiger partial charge in [-0.3, -0.25) is 0 Å². The van der Waals surface area contributed by atoms with Crippen molar-refractivity contribution in [3.05, 3.63) is 51.4 Å². The number of nitrogen functional groups attached to an aromatic ring is 1. The Kier molecular flexibility index (Phi) is 5.38. The van der Waals surface area contributed by atoms with Crippen LogP contribution >= 0.6 is 22.9 Å². The molecule has 0 aliphatic heterocycles. The number of anilines is 2. The van der Waals surface area contributed by atoms with E-state index in [9.17, 15) is 4.39 Å². The van der Waals surface area contributed by atoms with Crippen LogP contribution in [0, 0.1) is 5.82 Å². The van der Waals surface area contributed by atoms with Crippen molar-refractivity contribution in [2.75, 3.05) is 17.6 Å². The van der Waals surface area contributed by atoms with Crippen LogP contribution in [0.5, 0.6) is 0 Å². The Morgan fingerprint density at radius 3 is 2.70 bits per heavy atom. The summed E-state index contributed by atoms with van der Waals surface area (Å²) < 4.78 is 15.5. The third-order valence-corrected chi connectivity index (χ3v) is 5.86. The molecule has 0 saturated carbocycles. The number of thiophene rings is 1. The molecule has 0 unspecified atom stereocenters. The second-order valence-electron chi connectivity index (χ2n) is 7.95. The molecule has 0 aliphatic carbocycles. The van der Waals surface area contributed by atoms with Gasteiger partial charge in [0, 0.05) is 17.0 Å². The van der Waals surface area contributed by atoms with Crippen molar-refractivity contribution in [1.82, 2.24) is 19.7 Å². The van der Waals surface area contributed by atoms with E-state index in [0.29, 0.717) is 40.6 Å². The number of hydrogen-bond donors (Lipinski definition) is 2. The van der Waals surface area contributed by atoms with Crippen molar-refractivity contribution in [2.24, 2.45) is 0 Å². The van der Waals surface area contributed by atoms with Gasteiger partial charge in [-0.25, -0.2) is 14.1 Å². The lowest BCUT2D eigenvalue weighted by Gasteiger charge is -2.20. The van der Waals surface area contributed by atoms with Gasteiger partial charge < -0.3 is 11.1 Å². The SMILES string of the molecule is CC(C)(C)n1nc2nc(NCCc3cccs3)nc(-c3ccc(F)c(Cl)c3)c2c1N. The van der Waals surface area contributed by atoms with Gasteiger partial charge in [0.25, 0.3) is 0 Å². The van der Waals surface area contributed by atoms with Crippen LogP contribution in [0.25, 0.3) is 22.3 Å². The fourth-order valence-electron chi connectivity index (χ4n) is 3.21. The van der Waals surface area contributed by atoms with Crippen LogP contribution in [0.4, 0.5) is 16.2 Å². The van der Waals surface area contributed by atoms with Gasteiger partial charge >= 0.3 is 0 Å². The van der Waals surface area contributed by atoms with Gasteiger partial charge in [-0.1, -0.05) is 17.7 Å². The first kappa shape index (κ1) is 20.6. The highest BCUT2D eigenvalue weighted by Crippen LogP contribution is 2.35. The monoisotopic (exact) mass is 444 g/mol. The summed E-state index contributed by atoms with van der Waals surface area (Å²) in [6.45, 7) is 6.71. The highest BCUT2D eigenvalue weighted by molar-refractivity contribution is 7.09. The Labute approximate surface area is 182 Å². The average Bonchev–Trinajstić information content (AvgIpc) is 3.31. The van der Waals surface area contributed by atoms with Gasteiger partial charge in [0.15, 0.2) is 5.65 Å². The topological polar surface area (TPSA) is 81.7 Å². The fraction of sp³-hybridized carbons (Fsp3) is 0.286. The van der Waals surface area contributed by atoms with Crippen molar-refractivity contribution >= 4 is 45.7 Å². The first-order valence-electron chi connectivity index (χ1n) is 9.52. The first-order valence-corrected chi connectivity index (χ1v) is 10.8. The highest BCUT2D eigenvalue weighted by atomic mass is 35.5. The Bertz CT molecular complexity index is 1200. The molecule has 0 saturated heterocycles. The van der Waals surface area contributed by atoms with Crippen LogP contribution in [0.3, 0.4) is 0 Å². The van der Waals surface area contributed by atoms with E-state index in [0.717, 1.165) is 6.42 Å². The molecular weight excluding hydrogens is 423 g/mol. The molecule has 3 heterocycles. The summed E-state index contributed by atoms with van der Waals surface area (Å²) in [4.78, 5) is 10.5. The molecule has 1 aromatic carbocycles. The smallest absolute Gasteiger partial charge is 0.225 e. The third-order valence-electron chi connectivity index (χ3n) is 4.63. The Hall–Kier alpha value is -2.71. The van der Waals surface area contributed by atoms with Crippen molar-refractivity contribution in [2.45, 2.75) is 32.7 Å². The lowest BCUT2D eigenvalue weighted by molar-refractivity contribution is 0.364. The van der Waals surface area contributed by atoms with E-state index in [4.69, 9.17) is 17.3 Å². The highest BCUT2D eigenvalue weighted by Gasteiger charge is 2.24. The van der Waals surface area contributed by atoms with E-state index in [-0.39, 0.29) is 10.6 Å². The predicted octanol–water partition coefficient (Wildman–Crippen LogP) is 5.34. The fourth-order valence-corrected chi connectivity index (χ4v) is 4.10. The van der Waals surface area contributed by atoms with Crippen LogP contribution in [-0.2, 0) is 12.0 Å². The molecule has 0 amide bonds. The molecule has 6 nitrogen and oxygen atoms in total. The molecule has 4 aromatic rings. The number of nitrogens with zero attached hydrogens (tertiary/aromatic N) is 4. The molecule has 0 atom stereocenters. The lowest BCUT2D eigenvalue weighted by Crippen LogP contribution is -2.24. The lowest BCUT2D eigenvalue weighted by atomic mass is 10.1. The summed E-state index contributed by atoms with van der Waals surface area (Å²) >= 11 is 7.74. The molecule has 9 heteroatoms. The summed E-state index contributed by atoms with van der Waals surface area (Å²) in [6.07, 6.45) is 0.856. The van der Waals surface area contributed by atoms with E-state index in [1.165, 1.54) is 10.9 Å². The molecule has 0 radical (unpaired) electrons. The average molecular weight is 445 g/mol. The molecule has 30 heavy (non-hydrogen) atoms. The van der Waals surface area contributed by atoms with E-state index in [1.54, 1.807) is 28.2 Å². The summed E-state index contributed by atoms with van der Waals surface area (Å²) in [5.74, 6) is 0.407. The van der Waals surface area contributed by atoms with Gasteiger partial charge in [0.2, 0.25) is 5.95 Å². The number of aromatic nitrogens is 4. The van der Waals surface area contributed by atoms with E-state index >= 15 is 0 Å². The van der Waals surface area contributed by atoms with Crippen molar-refractivity contribution in [1.29, 1.82) is 0 Å². The van der Waals surface area contributed by atoms with Crippen LogP contribution in [-0.4, -0.2) is 26.3 Å². The van der Waals surface area contributed by atoms with Gasteiger partial charge in [-0.2, -0.15) is 4.98 Å². The first-order chi connectivity index (χ1) is 14.2. The van der Waals surface area contributed by atoms with Crippen LogP contribution < -0.4 is 11.1 Å². The zero-order valence-corrected chi connectivity index (χ0v) is 18.5. The Morgan fingerprint density at radius 2 is 2.03 bits per heavy atom. The van der Waals surface area contributed by atoms with Crippen molar-refractivity contribution < 1.29 is 4.39 Å². The van der Waals surface area contributed by atoms with Gasteiger partial charge in [-0.15, -0.1) is 16.4 Å². The normalized spacial score (nSPS) is 11.9. The number of nitrogens with one attached hydrogen (secondary N) is 1. The van der Waals surface area contributed by atoms with Crippen LogP contribution in [0.2, 0.25) is 5.02 Å². The molecule has 4 rings (SSSR count). The maximum absolute atomic E-state index is 13.7. The summed E-state index contributed by atoms with van der Waals surface area (Å²) in [5.41, 5.74) is 7.79. The maximum atomic E-state index is 13.7. The maximum Gasteiger partial charge on any atom is 0.225 e. The van der Waals surface area contributed by atoms with Crippen molar-refractivity contribution in [3.63, 3.8) is 0 Å². The number of benzene rings is 1. The molecule has 3 N–H and O–H groups in total. The van der Waals surface area contributed by atoms with Gasteiger partial charge in [-0.05, 0) is 56.8 Å². The van der Waals surface area contributed by atoms with Gasteiger partial charge in [0.1, 0.15) is 11.6 Å². The minimum absolute atomic E-state index is 0.0215. The number of fused-ring (bicyclic) bond motifs is 1. The molecule has 0 fully saturated rings. The quantitative estimate of drug-likeness (QED) is 0.434. The second-order valence-corrected chi connectivity index (χ2v) is 9.39. The Balaban J connectivity index is 1.80. The number of halogens is 2. The molecule has 3 aromatic heterocycles. The zero-order chi connectivity index (χ0) is 21.5. The Morgan fingerprint density at radius 1 is 1.23 bits per heavy atom. The molecule has 156 valence electrons. The number of rotatable bonds is 5. The van der Waals surface area contributed by atoms with E-state index < -0.39 is 5.82 Å². The van der Waals surface area contributed by atoms with Crippen LogP contribution in [0.1, 0.15) is 25.6 Å². The minimum Gasteiger partial charge on any atom is -0.383 e. The van der Waals surface area contributed by atoms with Crippen LogP contribution in [0.15, 0.2) is 35.7 Å². The molecule has 0 spiro atoms. The second kappa shape index (κ2) is 7.85. The molecular formula is C21H22ClFN6S. The summed E-state index contributed by atoms with van der Waals surface area (Å²) in [5, 5.41) is 10.6. The minimum atomic E-state index is -0.488. The summed E-state index contributed by atoms with van der Waals surface area (Å²) in [7, 11) is 0. The molecule has 0 aliphatic rings. The summed E-state index contributed by atoms with van der Waals surface area (Å²) in [6, 6.07) is 8.61. The third kappa shape index (κ3) is 3.97. The predicted molar refractivity (Wildman–Crippen MR) is 122 cm³/mol. The van der Waals surface area contributed by atoms with Gasteiger partial charge in [0.05, 0.1) is 21.6 Å². The number of hydrogen-bond acceptors (Lipinski definition) is 6. The van der Waals surface area contributed by atoms with E-state index in [1.807, 2.05) is 26.8 Å². The van der Waals surface area contributed by atoms with E-state index in [2.05, 4.69) is 31.8 Å².